The van der Waals surface area contributed by atoms with Crippen LogP contribution in [0.5, 0.6) is 0 Å². The first-order chi connectivity index (χ1) is 27.7. The third kappa shape index (κ3) is 12.7. The van der Waals surface area contributed by atoms with Crippen molar-refractivity contribution in [2.45, 2.75) is 38.8 Å². The van der Waals surface area contributed by atoms with Gasteiger partial charge in [-0.3, -0.25) is 19.2 Å². The predicted molar refractivity (Wildman–Crippen MR) is 231 cm³/mol. The van der Waals surface area contributed by atoms with Crippen LogP contribution < -0.4 is 21.3 Å². The van der Waals surface area contributed by atoms with Gasteiger partial charge >= 0.3 is 0 Å². The Morgan fingerprint density at radius 3 is 1.82 bits per heavy atom. The lowest BCUT2D eigenvalue weighted by molar-refractivity contribution is -0.126. The van der Waals surface area contributed by atoms with Crippen molar-refractivity contribution in [2.75, 3.05) is 49.9 Å². The predicted octanol–water partition coefficient (Wildman–Crippen LogP) is 6.12. The molecule has 4 aliphatic heterocycles. The number of halogens is 1. The van der Waals surface area contributed by atoms with Crippen LogP contribution in [-0.4, -0.2) is 82.7 Å². The molecule has 57 heavy (non-hydrogen) atoms. The number of nitrogens with one attached hydrogen (secondary N) is 4. The number of pyridine rings is 2. The van der Waals surface area contributed by atoms with Gasteiger partial charge < -0.3 is 31.1 Å². The quantitative estimate of drug-likeness (QED) is 0.128. The molecular weight excluding hydrogens is 825 g/mol. The normalized spacial score (nSPS) is 16.4. The van der Waals surface area contributed by atoms with Crippen molar-refractivity contribution in [1.82, 2.24) is 30.4 Å². The van der Waals surface area contributed by atoms with E-state index < -0.39 is 0 Å². The summed E-state index contributed by atoms with van der Waals surface area (Å²) < 4.78 is 0.921. The first-order valence-electron chi connectivity index (χ1n) is 18.7. The van der Waals surface area contributed by atoms with E-state index in [1.807, 2.05) is 21.9 Å². The highest BCUT2D eigenvalue weighted by molar-refractivity contribution is 9.10. The van der Waals surface area contributed by atoms with E-state index in [4.69, 9.17) is 0 Å². The van der Waals surface area contributed by atoms with E-state index in [2.05, 4.69) is 101 Å². The van der Waals surface area contributed by atoms with Crippen LogP contribution in [0.15, 0.2) is 106 Å². The summed E-state index contributed by atoms with van der Waals surface area (Å²) in [7, 11) is 0. The highest BCUT2D eigenvalue weighted by Crippen LogP contribution is 2.22. The van der Waals surface area contributed by atoms with Gasteiger partial charge in [0.05, 0.1) is 13.1 Å². The van der Waals surface area contributed by atoms with Crippen LogP contribution in [-0.2, 0) is 45.1 Å². The summed E-state index contributed by atoms with van der Waals surface area (Å²) in [6.07, 6.45) is 16.4. The number of aromatic nitrogens is 2. The van der Waals surface area contributed by atoms with Gasteiger partial charge in [0.1, 0.15) is 11.6 Å². The van der Waals surface area contributed by atoms with Gasteiger partial charge in [-0.1, -0.05) is 42.0 Å². The van der Waals surface area contributed by atoms with E-state index in [1.54, 1.807) is 47.2 Å². The Hall–Kier alpha value is -5.06. The number of hydrogen-bond donors (Lipinski definition) is 4. The van der Waals surface area contributed by atoms with Crippen molar-refractivity contribution in [3.63, 3.8) is 0 Å². The molecule has 15 heteroatoms. The molecule has 12 nitrogen and oxygen atoms in total. The summed E-state index contributed by atoms with van der Waals surface area (Å²) in [5.41, 5.74) is 5.60. The minimum absolute atomic E-state index is 0.00722. The monoisotopic (exact) mass is 868 g/mol. The molecule has 0 aromatic carbocycles. The van der Waals surface area contributed by atoms with E-state index in [1.165, 1.54) is 27.0 Å². The first-order valence-corrected chi connectivity index (χ1v) is 21.2. The number of amides is 4. The molecule has 0 aliphatic carbocycles. The summed E-state index contributed by atoms with van der Waals surface area (Å²) in [6, 6.07) is 12.4. The minimum Gasteiger partial charge on any atom is -0.335 e. The van der Waals surface area contributed by atoms with Crippen molar-refractivity contribution in [1.29, 1.82) is 0 Å². The van der Waals surface area contributed by atoms with Crippen molar-refractivity contribution in [2.24, 2.45) is 0 Å². The molecule has 4 aliphatic rings. The Balaban J connectivity index is 0.000000160. The van der Waals surface area contributed by atoms with E-state index in [0.29, 0.717) is 37.8 Å². The smallest absolute Gasteiger partial charge is 0.246 e. The molecule has 0 saturated heterocycles. The Labute approximate surface area is 349 Å². The topological polar surface area (TPSA) is 149 Å². The van der Waals surface area contributed by atoms with Crippen LogP contribution in [0.3, 0.4) is 0 Å². The molecule has 4 aromatic rings. The maximum atomic E-state index is 12.5. The third-order valence-corrected chi connectivity index (χ3v) is 11.6. The lowest BCUT2D eigenvalue weighted by Gasteiger charge is -2.25. The van der Waals surface area contributed by atoms with Crippen molar-refractivity contribution in [3.8, 4) is 0 Å². The third-order valence-electron chi connectivity index (χ3n) is 9.42. The highest BCUT2D eigenvalue weighted by Gasteiger charge is 2.18. The Morgan fingerprint density at radius 1 is 0.772 bits per heavy atom. The SMILES string of the molecule is C=CC(=O)N1CC=C(Cc2cccs2)CC1.O=C1CNCc2cc(/C=C/C(=O)N3CC=C(Cc4cccs4)CC3)cnc2N1.O=C1CNCc2cc(Br)cnc2N1. The molecule has 4 aromatic heterocycles. The van der Waals surface area contributed by atoms with Crippen LogP contribution in [0.4, 0.5) is 11.6 Å². The largest absolute Gasteiger partial charge is 0.335 e. The van der Waals surface area contributed by atoms with Gasteiger partial charge in [-0.05, 0) is 81.5 Å². The number of anilines is 2. The minimum atomic E-state index is -0.0960. The summed E-state index contributed by atoms with van der Waals surface area (Å²) >= 11 is 6.89. The number of rotatable bonds is 7. The van der Waals surface area contributed by atoms with Crippen LogP contribution >= 0.6 is 38.6 Å². The standard InChI is InChI=1S/C21H22N4O2S.C13H15NOS.C8H8BrN3O/c26-19-14-22-13-17-10-16(12-23-21(17)24-19)3-4-20(27)25-7-5-15(6-8-25)11-18-2-1-9-28-18;1-2-13(15)14-7-5-11(6-8-14)10-12-4-3-9-16-12;9-6-1-5-2-10-4-7(13)12-8(5)11-3-6/h1-5,9-10,12,22H,6-8,11,13-14H2,(H,23,24,26);2-5,9H,1,6-8,10H2;1,3,10H,2,4H2,(H,11,12,13)/b4-3+;;. The summed E-state index contributed by atoms with van der Waals surface area (Å²) in [5.74, 6) is 1.13. The maximum absolute atomic E-state index is 12.5. The van der Waals surface area contributed by atoms with Gasteiger partial charge in [-0.2, -0.15) is 0 Å². The van der Waals surface area contributed by atoms with Crippen molar-refractivity contribution >= 4 is 79.9 Å². The Morgan fingerprint density at radius 2 is 1.32 bits per heavy atom. The fraction of sp³-hybridized carbons (Fsp3) is 0.286. The zero-order valence-corrected chi connectivity index (χ0v) is 34.7. The van der Waals surface area contributed by atoms with Gasteiger partial charge in [0.25, 0.3) is 0 Å². The number of hydrogen-bond acceptors (Lipinski definition) is 10. The highest BCUT2D eigenvalue weighted by atomic mass is 79.9. The second-order valence-corrected chi connectivity index (χ2v) is 16.6. The summed E-state index contributed by atoms with van der Waals surface area (Å²) in [6.45, 7) is 8.31. The van der Waals surface area contributed by atoms with Crippen molar-refractivity contribution in [3.05, 3.63) is 132 Å². The molecule has 8 rings (SSSR count). The molecule has 0 unspecified atom stereocenters. The van der Waals surface area contributed by atoms with Crippen LogP contribution in [0.25, 0.3) is 6.08 Å². The maximum Gasteiger partial charge on any atom is 0.246 e. The molecule has 0 radical (unpaired) electrons. The molecule has 0 spiro atoms. The number of carbonyl (C=O) groups excluding carboxylic acids is 4. The van der Waals surface area contributed by atoms with Gasteiger partial charge in [0.15, 0.2) is 0 Å². The average molecular weight is 870 g/mol. The zero-order valence-electron chi connectivity index (χ0n) is 31.5. The summed E-state index contributed by atoms with van der Waals surface area (Å²) in [4.78, 5) is 61.4. The number of fused-ring (bicyclic) bond motifs is 2. The number of thiophene rings is 2. The molecule has 8 heterocycles. The van der Waals surface area contributed by atoms with E-state index >= 15 is 0 Å². The fourth-order valence-electron chi connectivity index (χ4n) is 6.39. The van der Waals surface area contributed by atoms with Crippen molar-refractivity contribution < 1.29 is 19.2 Å². The van der Waals surface area contributed by atoms with Gasteiger partial charge in [0.2, 0.25) is 23.6 Å². The van der Waals surface area contributed by atoms with Crippen LogP contribution in [0.2, 0.25) is 0 Å². The molecule has 4 N–H and O–H groups in total. The molecule has 296 valence electrons. The Bertz CT molecular complexity index is 2150. The van der Waals surface area contributed by atoms with E-state index in [9.17, 15) is 19.2 Å². The Kier molecular flexibility index (Phi) is 15.3. The second-order valence-electron chi connectivity index (χ2n) is 13.6. The first kappa shape index (κ1) is 41.6. The van der Waals surface area contributed by atoms with Gasteiger partial charge in [-0.25, -0.2) is 9.97 Å². The average Bonchev–Trinajstić information content (AvgIpc) is 3.86. The summed E-state index contributed by atoms with van der Waals surface area (Å²) in [5, 5.41) is 15.8. The second kappa shape index (κ2) is 20.9. The van der Waals surface area contributed by atoms with Gasteiger partial charge in [-0.15, -0.1) is 22.7 Å². The lowest BCUT2D eigenvalue weighted by Crippen LogP contribution is -2.33. The van der Waals surface area contributed by atoms with Gasteiger partial charge in [0, 0.05) is 95.9 Å². The fourth-order valence-corrected chi connectivity index (χ4v) is 8.28. The van der Waals surface area contributed by atoms with E-state index in [-0.39, 0.29) is 30.2 Å². The number of nitrogens with zero attached hydrogens (tertiary/aromatic N) is 4. The molecule has 4 amide bonds. The molecule has 0 fully saturated rings. The molecule has 0 saturated carbocycles. The van der Waals surface area contributed by atoms with E-state index in [0.717, 1.165) is 66.5 Å². The van der Waals surface area contributed by atoms with Crippen LogP contribution in [0.1, 0.15) is 39.3 Å². The molecular formula is C42H45BrN8O4S2. The molecule has 0 atom stereocenters. The lowest BCUT2D eigenvalue weighted by atomic mass is 10.0. The number of carbonyl (C=O) groups is 4. The molecule has 0 bridgehead atoms. The zero-order chi connectivity index (χ0) is 40.0. The van der Waals surface area contributed by atoms with Crippen LogP contribution in [0, 0.1) is 0 Å².